The van der Waals surface area contributed by atoms with E-state index in [1.54, 1.807) is 30.3 Å². The number of benzene rings is 2. The molecule has 0 spiro atoms. The van der Waals surface area contributed by atoms with E-state index in [4.69, 9.17) is 4.74 Å². The summed E-state index contributed by atoms with van der Waals surface area (Å²) in [4.78, 5) is 10.6. The molecule has 0 aromatic heterocycles. The van der Waals surface area contributed by atoms with Gasteiger partial charge in [-0.2, -0.15) is 0 Å². The molecule has 2 rings (SSSR count). The highest BCUT2D eigenvalue weighted by Crippen LogP contribution is 2.13. The quantitative estimate of drug-likeness (QED) is 0.584. The van der Waals surface area contributed by atoms with Gasteiger partial charge in [-0.1, -0.05) is 24.3 Å². The number of hydrogen-bond donors (Lipinski definition) is 0. The SMILES string of the molecule is O=Cc1cccc(OCCCc2ccc(F)cc2)c1. The monoisotopic (exact) mass is 258 g/mol. The fraction of sp³-hybridized carbons (Fsp3) is 0.188. The van der Waals surface area contributed by atoms with Crippen molar-refractivity contribution in [1.82, 2.24) is 0 Å². The summed E-state index contributed by atoms with van der Waals surface area (Å²) in [7, 11) is 0. The predicted molar refractivity (Wildman–Crippen MR) is 72.0 cm³/mol. The number of halogens is 1. The van der Waals surface area contributed by atoms with Crippen LogP contribution in [0.25, 0.3) is 0 Å². The lowest BCUT2D eigenvalue weighted by molar-refractivity contribution is 0.112. The van der Waals surface area contributed by atoms with Crippen molar-refractivity contribution in [2.75, 3.05) is 6.61 Å². The number of aryl methyl sites for hydroxylation is 1. The largest absolute Gasteiger partial charge is 0.494 e. The number of rotatable bonds is 6. The van der Waals surface area contributed by atoms with Crippen LogP contribution in [0.5, 0.6) is 5.75 Å². The zero-order valence-electron chi connectivity index (χ0n) is 10.5. The molecule has 2 aromatic rings. The van der Waals surface area contributed by atoms with E-state index in [9.17, 15) is 9.18 Å². The van der Waals surface area contributed by atoms with Crippen LogP contribution in [0.4, 0.5) is 4.39 Å². The molecule has 0 aliphatic heterocycles. The number of ether oxygens (including phenoxy) is 1. The summed E-state index contributed by atoms with van der Waals surface area (Å²) in [5.74, 6) is 0.481. The molecule has 0 saturated carbocycles. The number of aldehydes is 1. The van der Waals surface area contributed by atoms with Crippen LogP contribution < -0.4 is 4.74 Å². The Balaban J connectivity index is 1.77. The molecule has 0 amide bonds. The summed E-state index contributed by atoms with van der Waals surface area (Å²) in [5, 5.41) is 0. The van der Waals surface area contributed by atoms with Gasteiger partial charge in [0.15, 0.2) is 0 Å². The molecule has 0 N–H and O–H groups in total. The first-order chi connectivity index (χ1) is 9.28. The van der Waals surface area contributed by atoms with Gasteiger partial charge >= 0.3 is 0 Å². The molecule has 0 saturated heterocycles. The Hall–Kier alpha value is -2.16. The van der Waals surface area contributed by atoms with Gasteiger partial charge in [0.05, 0.1) is 6.61 Å². The minimum atomic E-state index is -0.217. The molecule has 3 heteroatoms. The van der Waals surface area contributed by atoms with Gasteiger partial charge < -0.3 is 4.74 Å². The van der Waals surface area contributed by atoms with E-state index < -0.39 is 0 Å². The minimum Gasteiger partial charge on any atom is -0.494 e. The fourth-order valence-corrected chi connectivity index (χ4v) is 1.80. The maximum absolute atomic E-state index is 12.7. The third kappa shape index (κ3) is 4.21. The van der Waals surface area contributed by atoms with Gasteiger partial charge in [0.2, 0.25) is 0 Å². The Bertz CT molecular complexity index is 535. The highest BCUT2D eigenvalue weighted by atomic mass is 19.1. The van der Waals surface area contributed by atoms with Crippen LogP contribution in [-0.4, -0.2) is 12.9 Å². The van der Waals surface area contributed by atoms with Crippen molar-refractivity contribution < 1.29 is 13.9 Å². The molecular formula is C16H15FO2. The number of hydrogen-bond acceptors (Lipinski definition) is 2. The van der Waals surface area contributed by atoms with E-state index in [1.165, 1.54) is 12.1 Å². The Morgan fingerprint density at radius 3 is 2.63 bits per heavy atom. The van der Waals surface area contributed by atoms with Gasteiger partial charge in [-0.25, -0.2) is 4.39 Å². The number of carbonyl (C=O) groups is 1. The Labute approximate surface area is 111 Å². The summed E-state index contributed by atoms with van der Waals surface area (Å²) < 4.78 is 18.3. The van der Waals surface area contributed by atoms with Gasteiger partial charge in [0.1, 0.15) is 17.9 Å². The van der Waals surface area contributed by atoms with Gasteiger partial charge in [-0.3, -0.25) is 4.79 Å². The molecular weight excluding hydrogens is 243 g/mol. The second-order valence-electron chi connectivity index (χ2n) is 4.27. The minimum absolute atomic E-state index is 0.217. The van der Waals surface area contributed by atoms with E-state index in [0.29, 0.717) is 17.9 Å². The lowest BCUT2D eigenvalue weighted by atomic mass is 10.1. The zero-order chi connectivity index (χ0) is 13.5. The highest BCUT2D eigenvalue weighted by Gasteiger charge is 1.97. The van der Waals surface area contributed by atoms with Crippen LogP contribution in [0.3, 0.4) is 0 Å². The first-order valence-corrected chi connectivity index (χ1v) is 6.20. The van der Waals surface area contributed by atoms with E-state index in [2.05, 4.69) is 0 Å². The van der Waals surface area contributed by atoms with Crippen molar-refractivity contribution >= 4 is 6.29 Å². The van der Waals surface area contributed by atoms with Crippen molar-refractivity contribution in [2.45, 2.75) is 12.8 Å². The van der Waals surface area contributed by atoms with E-state index in [1.807, 2.05) is 6.07 Å². The van der Waals surface area contributed by atoms with Gasteiger partial charge in [-0.05, 0) is 42.7 Å². The molecule has 0 heterocycles. The molecule has 0 radical (unpaired) electrons. The molecule has 0 aliphatic rings. The highest BCUT2D eigenvalue weighted by molar-refractivity contribution is 5.75. The lowest BCUT2D eigenvalue weighted by Gasteiger charge is -2.06. The molecule has 19 heavy (non-hydrogen) atoms. The third-order valence-corrected chi connectivity index (χ3v) is 2.79. The smallest absolute Gasteiger partial charge is 0.150 e. The van der Waals surface area contributed by atoms with Crippen molar-refractivity contribution in [1.29, 1.82) is 0 Å². The Morgan fingerprint density at radius 2 is 1.89 bits per heavy atom. The first kappa shape index (κ1) is 13.3. The zero-order valence-corrected chi connectivity index (χ0v) is 10.5. The Kier molecular flexibility index (Phi) is 4.67. The van der Waals surface area contributed by atoms with Gasteiger partial charge in [0.25, 0.3) is 0 Å². The van der Waals surface area contributed by atoms with E-state index in [-0.39, 0.29) is 5.82 Å². The van der Waals surface area contributed by atoms with Crippen LogP contribution in [-0.2, 0) is 6.42 Å². The van der Waals surface area contributed by atoms with Crippen LogP contribution in [0.15, 0.2) is 48.5 Å². The van der Waals surface area contributed by atoms with Crippen molar-refractivity contribution in [3.63, 3.8) is 0 Å². The first-order valence-electron chi connectivity index (χ1n) is 6.20. The lowest BCUT2D eigenvalue weighted by Crippen LogP contribution is -1.99. The van der Waals surface area contributed by atoms with E-state index >= 15 is 0 Å². The van der Waals surface area contributed by atoms with Crippen molar-refractivity contribution in [3.8, 4) is 5.75 Å². The summed E-state index contributed by atoms with van der Waals surface area (Å²) in [6.45, 7) is 0.569. The molecule has 0 fully saturated rings. The van der Waals surface area contributed by atoms with E-state index in [0.717, 1.165) is 24.7 Å². The third-order valence-electron chi connectivity index (χ3n) is 2.79. The molecule has 2 nitrogen and oxygen atoms in total. The van der Waals surface area contributed by atoms with Crippen LogP contribution in [0, 0.1) is 5.82 Å². The fourth-order valence-electron chi connectivity index (χ4n) is 1.80. The van der Waals surface area contributed by atoms with Gasteiger partial charge in [0, 0.05) is 5.56 Å². The number of carbonyl (C=O) groups excluding carboxylic acids is 1. The molecule has 0 atom stereocenters. The molecule has 2 aromatic carbocycles. The van der Waals surface area contributed by atoms with Crippen LogP contribution >= 0.6 is 0 Å². The summed E-state index contributed by atoms with van der Waals surface area (Å²) in [6.07, 6.45) is 2.48. The standard InChI is InChI=1S/C16H15FO2/c17-15-8-6-13(7-9-15)4-2-10-19-16-5-1-3-14(11-16)12-18/h1,3,5-9,11-12H,2,4,10H2. The van der Waals surface area contributed by atoms with Crippen molar-refractivity contribution in [2.24, 2.45) is 0 Å². The second-order valence-corrected chi connectivity index (χ2v) is 4.27. The maximum Gasteiger partial charge on any atom is 0.150 e. The molecule has 98 valence electrons. The summed E-state index contributed by atoms with van der Waals surface area (Å²) >= 11 is 0. The Morgan fingerprint density at radius 1 is 1.11 bits per heavy atom. The predicted octanol–water partition coefficient (Wildman–Crippen LogP) is 3.65. The maximum atomic E-state index is 12.7. The second kappa shape index (κ2) is 6.69. The molecule has 0 aliphatic carbocycles. The average molecular weight is 258 g/mol. The average Bonchev–Trinajstić information content (AvgIpc) is 2.46. The van der Waals surface area contributed by atoms with Crippen molar-refractivity contribution in [3.05, 3.63) is 65.5 Å². The topological polar surface area (TPSA) is 26.3 Å². The normalized spacial score (nSPS) is 10.2. The molecule has 0 unspecified atom stereocenters. The van der Waals surface area contributed by atoms with Crippen LogP contribution in [0.2, 0.25) is 0 Å². The summed E-state index contributed by atoms with van der Waals surface area (Å²) in [5.41, 5.74) is 1.70. The molecule has 0 bridgehead atoms. The van der Waals surface area contributed by atoms with Crippen LogP contribution in [0.1, 0.15) is 22.3 Å². The summed E-state index contributed by atoms with van der Waals surface area (Å²) in [6, 6.07) is 13.5. The van der Waals surface area contributed by atoms with Gasteiger partial charge in [-0.15, -0.1) is 0 Å².